The smallest absolute Gasteiger partial charge is 0.0575 e. The Morgan fingerprint density at radius 2 is 1.65 bits per heavy atom. The van der Waals surface area contributed by atoms with Crippen LogP contribution in [0, 0.1) is 5.92 Å². The van der Waals surface area contributed by atoms with E-state index in [0.717, 1.165) is 18.9 Å². The van der Waals surface area contributed by atoms with E-state index in [9.17, 15) is 0 Å². The third-order valence-corrected chi connectivity index (χ3v) is 3.93. The maximum atomic E-state index is 5.61. The Bertz CT molecular complexity index is 220. The van der Waals surface area contributed by atoms with Gasteiger partial charge in [0.2, 0.25) is 0 Å². The van der Waals surface area contributed by atoms with Crippen molar-refractivity contribution in [2.24, 2.45) is 11.7 Å². The standard InChI is InChI=1S/C14H30N2O/c1-13(2)10-12(8-6-7-9-15)11-14(3,4)16(13)17-5/h12H,6-11,15H2,1-5H3. The van der Waals surface area contributed by atoms with Crippen LogP contribution in [0.1, 0.15) is 59.8 Å². The van der Waals surface area contributed by atoms with Crippen LogP contribution in [0.25, 0.3) is 0 Å². The van der Waals surface area contributed by atoms with E-state index >= 15 is 0 Å². The molecule has 0 aromatic rings. The summed E-state index contributed by atoms with van der Waals surface area (Å²) < 4.78 is 0. The van der Waals surface area contributed by atoms with Crippen molar-refractivity contribution in [3.63, 3.8) is 0 Å². The zero-order valence-electron chi connectivity index (χ0n) is 12.3. The zero-order chi connectivity index (χ0) is 13.1. The minimum Gasteiger partial charge on any atom is -0.330 e. The minimum atomic E-state index is 0.129. The number of nitrogens with two attached hydrogens (primary N) is 1. The predicted molar refractivity (Wildman–Crippen MR) is 72.6 cm³/mol. The molecule has 1 rings (SSSR count). The second-order valence-corrected chi connectivity index (χ2v) is 6.66. The summed E-state index contributed by atoms with van der Waals surface area (Å²) in [6.07, 6.45) is 6.16. The van der Waals surface area contributed by atoms with E-state index in [4.69, 9.17) is 10.6 Å². The molecule has 0 radical (unpaired) electrons. The maximum Gasteiger partial charge on any atom is 0.0575 e. The molecule has 3 nitrogen and oxygen atoms in total. The average Bonchev–Trinajstić information content (AvgIpc) is 2.14. The Hall–Kier alpha value is -0.120. The number of rotatable bonds is 5. The molecule has 0 aromatic heterocycles. The molecule has 0 atom stereocenters. The highest BCUT2D eigenvalue weighted by molar-refractivity contribution is 4.96. The topological polar surface area (TPSA) is 38.5 Å². The second kappa shape index (κ2) is 5.68. The lowest BCUT2D eigenvalue weighted by Gasteiger charge is -2.53. The van der Waals surface area contributed by atoms with Crippen LogP contribution in [-0.4, -0.2) is 29.8 Å². The molecule has 0 aromatic carbocycles. The van der Waals surface area contributed by atoms with Gasteiger partial charge < -0.3 is 10.6 Å². The summed E-state index contributed by atoms with van der Waals surface area (Å²) in [6, 6.07) is 0. The van der Waals surface area contributed by atoms with Crippen molar-refractivity contribution < 1.29 is 4.84 Å². The third kappa shape index (κ3) is 3.67. The third-order valence-electron chi connectivity index (χ3n) is 3.93. The van der Waals surface area contributed by atoms with Gasteiger partial charge in [-0.15, -0.1) is 0 Å². The van der Waals surface area contributed by atoms with Crippen LogP contribution >= 0.6 is 0 Å². The highest BCUT2D eigenvalue weighted by Crippen LogP contribution is 2.42. The van der Waals surface area contributed by atoms with Gasteiger partial charge in [-0.3, -0.25) is 0 Å². The molecular weight excluding hydrogens is 212 g/mol. The quantitative estimate of drug-likeness (QED) is 0.753. The number of hydrogen-bond acceptors (Lipinski definition) is 3. The van der Waals surface area contributed by atoms with Crippen molar-refractivity contribution in [1.29, 1.82) is 0 Å². The van der Waals surface area contributed by atoms with Crippen molar-refractivity contribution in [2.45, 2.75) is 70.9 Å². The zero-order valence-corrected chi connectivity index (χ0v) is 12.3. The van der Waals surface area contributed by atoms with Gasteiger partial charge in [-0.1, -0.05) is 12.8 Å². The largest absolute Gasteiger partial charge is 0.330 e. The Morgan fingerprint density at radius 1 is 1.12 bits per heavy atom. The number of piperidine rings is 1. The molecule has 17 heavy (non-hydrogen) atoms. The molecule has 1 saturated heterocycles. The highest BCUT2D eigenvalue weighted by Gasteiger charge is 2.45. The number of hydroxylamine groups is 2. The van der Waals surface area contributed by atoms with Crippen molar-refractivity contribution in [2.75, 3.05) is 13.7 Å². The molecule has 0 saturated carbocycles. The summed E-state index contributed by atoms with van der Waals surface area (Å²) in [4.78, 5) is 5.61. The molecule has 1 aliphatic heterocycles. The molecule has 3 heteroatoms. The van der Waals surface area contributed by atoms with Crippen LogP contribution in [0.5, 0.6) is 0 Å². The first-order valence-electron chi connectivity index (χ1n) is 6.88. The van der Waals surface area contributed by atoms with Gasteiger partial charge >= 0.3 is 0 Å². The van der Waals surface area contributed by atoms with Crippen molar-refractivity contribution >= 4 is 0 Å². The van der Waals surface area contributed by atoms with Gasteiger partial charge in [0.1, 0.15) is 0 Å². The summed E-state index contributed by atoms with van der Waals surface area (Å²) in [6.45, 7) is 9.96. The highest BCUT2D eigenvalue weighted by atomic mass is 16.7. The summed E-state index contributed by atoms with van der Waals surface area (Å²) in [5.41, 5.74) is 5.82. The van der Waals surface area contributed by atoms with Crippen LogP contribution in [0.2, 0.25) is 0 Å². The Morgan fingerprint density at radius 3 is 2.06 bits per heavy atom. The molecular formula is C14H30N2O. The fraction of sp³-hybridized carbons (Fsp3) is 1.00. The lowest BCUT2D eigenvalue weighted by Crippen LogP contribution is -2.59. The molecule has 0 bridgehead atoms. The number of unbranched alkanes of at least 4 members (excludes halogenated alkanes) is 1. The van der Waals surface area contributed by atoms with Crippen LogP contribution in [0.3, 0.4) is 0 Å². The average molecular weight is 242 g/mol. The van der Waals surface area contributed by atoms with Crippen LogP contribution < -0.4 is 5.73 Å². The van der Waals surface area contributed by atoms with Crippen molar-refractivity contribution in [3.05, 3.63) is 0 Å². The molecule has 0 amide bonds. The molecule has 1 heterocycles. The van der Waals surface area contributed by atoms with Gasteiger partial charge in [-0.25, -0.2) is 0 Å². The van der Waals surface area contributed by atoms with Crippen molar-refractivity contribution in [3.8, 4) is 0 Å². The van der Waals surface area contributed by atoms with E-state index in [2.05, 4.69) is 32.8 Å². The number of hydrogen-bond donors (Lipinski definition) is 1. The summed E-state index contributed by atoms with van der Waals surface area (Å²) in [7, 11) is 1.79. The van der Waals surface area contributed by atoms with Gasteiger partial charge in [0.15, 0.2) is 0 Å². The SMILES string of the molecule is CON1C(C)(C)CC(CCCCN)CC1(C)C. The van der Waals surface area contributed by atoms with Gasteiger partial charge in [0.25, 0.3) is 0 Å². The molecule has 0 spiro atoms. The lowest BCUT2D eigenvalue weighted by atomic mass is 9.73. The first kappa shape index (κ1) is 14.9. The fourth-order valence-electron chi connectivity index (χ4n) is 3.75. The second-order valence-electron chi connectivity index (χ2n) is 6.66. The monoisotopic (exact) mass is 242 g/mol. The molecule has 1 fully saturated rings. The number of nitrogens with zero attached hydrogens (tertiary/aromatic N) is 1. The predicted octanol–water partition coefficient (Wildman–Crippen LogP) is 2.95. The molecule has 0 aliphatic carbocycles. The van der Waals surface area contributed by atoms with Crippen LogP contribution in [-0.2, 0) is 4.84 Å². The summed E-state index contributed by atoms with van der Waals surface area (Å²) >= 11 is 0. The minimum absolute atomic E-state index is 0.129. The van der Waals surface area contributed by atoms with E-state index in [-0.39, 0.29) is 11.1 Å². The van der Waals surface area contributed by atoms with E-state index in [1.165, 1.54) is 25.7 Å². The lowest BCUT2D eigenvalue weighted by molar-refractivity contribution is -0.272. The van der Waals surface area contributed by atoms with Gasteiger partial charge in [-0.05, 0) is 59.4 Å². The van der Waals surface area contributed by atoms with Crippen molar-refractivity contribution in [1.82, 2.24) is 5.06 Å². The fourth-order valence-corrected chi connectivity index (χ4v) is 3.75. The summed E-state index contributed by atoms with van der Waals surface area (Å²) in [5, 5.41) is 2.18. The van der Waals surface area contributed by atoms with Gasteiger partial charge in [0, 0.05) is 11.1 Å². The molecule has 2 N–H and O–H groups in total. The Balaban J connectivity index is 2.63. The summed E-state index contributed by atoms with van der Waals surface area (Å²) in [5.74, 6) is 0.804. The molecule has 0 unspecified atom stereocenters. The van der Waals surface area contributed by atoms with Gasteiger partial charge in [0.05, 0.1) is 7.11 Å². The van der Waals surface area contributed by atoms with E-state index in [0.29, 0.717) is 0 Å². The first-order valence-corrected chi connectivity index (χ1v) is 6.88. The Labute approximate surface area is 107 Å². The Kier molecular flexibility index (Phi) is 4.99. The maximum absolute atomic E-state index is 5.61. The molecule has 1 aliphatic rings. The van der Waals surface area contributed by atoms with Crippen LogP contribution in [0.15, 0.2) is 0 Å². The molecule has 102 valence electrons. The first-order chi connectivity index (χ1) is 7.83. The van der Waals surface area contributed by atoms with Gasteiger partial charge in [-0.2, -0.15) is 5.06 Å². The normalized spacial score (nSPS) is 25.1. The van der Waals surface area contributed by atoms with E-state index in [1.54, 1.807) is 7.11 Å². The van der Waals surface area contributed by atoms with Crippen LogP contribution in [0.4, 0.5) is 0 Å². The van der Waals surface area contributed by atoms with E-state index in [1.807, 2.05) is 0 Å². The van der Waals surface area contributed by atoms with E-state index < -0.39 is 0 Å².